The number of hydrogen-bond donors (Lipinski definition) is 3. The average molecular weight is 606 g/mol. The molecule has 4 aliphatic carbocycles. The molecule has 1 aromatic carbocycles. The lowest BCUT2D eigenvalue weighted by molar-refractivity contribution is -0.114. The lowest BCUT2D eigenvalue weighted by atomic mass is 9.45. The van der Waals surface area contributed by atoms with Gasteiger partial charge in [0.25, 0.3) is 0 Å². The number of benzene rings is 1. The lowest BCUT2D eigenvalue weighted by Crippen LogP contribution is -2.53. The van der Waals surface area contributed by atoms with Crippen molar-refractivity contribution in [2.75, 3.05) is 13.7 Å². The first kappa shape index (κ1) is 32.6. The maximum atomic E-state index is 12.7. The number of phenolic OH excluding ortho intramolecular Hbond substituents is 1. The Bertz CT molecular complexity index is 1250. The summed E-state index contributed by atoms with van der Waals surface area (Å²) in [7, 11) is 1.83. The molecule has 0 aliphatic heterocycles. The van der Waals surface area contributed by atoms with E-state index in [-0.39, 0.29) is 52.9 Å². The van der Waals surface area contributed by atoms with Gasteiger partial charge in [0, 0.05) is 31.6 Å². The van der Waals surface area contributed by atoms with Gasteiger partial charge in [-0.3, -0.25) is 9.79 Å². The van der Waals surface area contributed by atoms with Gasteiger partial charge in [0.15, 0.2) is 23.2 Å². The summed E-state index contributed by atoms with van der Waals surface area (Å²) in [5.74, 6) is 2.23. The minimum atomic E-state index is -0.0243. The highest BCUT2D eigenvalue weighted by Gasteiger charge is 2.58. The summed E-state index contributed by atoms with van der Waals surface area (Å²) in [6.45, 7) is 5.06. The molecule has 5 rings (SSSR count). The number of allylic oxidation sites excluding steroid dienone is 4. The zero-order chi connectivity index (χ0) is 31.3. The Morgan fingerprint density at radius 3 is 2.70 bits per heavy atom. The van der Waals surface area contributed by atoms with Crippen molar-refractivity contribution in [1.29, 1.82) is 0 Å². The van der Waals surface area contributed by atoms with E-state index in [0.717, 1.165) is 81.8 Å². The zero-order valence-electron chi connectivity index (χ0n) is 27.2. The van der Waals surface area contributed by atoms with Gasteiger partial charge in [0.1, 0.15) is 0 Å². The molecule has 4 aliphatic rings. The minimum Gasteiger partial charge on any atom is -0.504 e. The molecule has 0 amide bonds. The predicted molar refractivity (Wildman–Crippen MR) is 177 cm³/mol. The van der Waals surface area contributed by atoms with Crippen LogP contribution in [0.1, 0.15) is 114 Å². The highest BCUT2D eigenvalue weighted by Crippen LogP contribution is 2.67. The number of aromatic hydroxyl groups is 1. The van der Waals surface area contributed by atoms with Crippen molar-refractivity contribution in [1.82, 2.24) is 0 Å². The van der Waals surface area contributed by atoms with Crippen molar-refractivity contribution < 1.29 is 19.4 Å². The highest BCUT2D eigenvalue weighted by molar-refractivity contribution is 5.89. The Labute approximate surface area is 264 Å². The van der Waals surface area contributed by atoms with E-state index < -0.39 is 0 Å². The molecule has 6 unspecified atom stereocenters. The molecule has 3 saturated carbocycles. The summed E-state index contributed by atoms with van der Waals surface area (Å²) in [6, 6.07) is 4.20. The average Bonchev–Trinajstić information content (AvgIpc) is 3.51. The summed E-state index contributed by atoms with van der Waals surface area (Å²) >= 11 is 0. The van der Waals surface area contributed by atoms with E-state index >= 15 is 0 Å². The quantitative estimate of drug-likeness (QED) is 0.0954. The third kappa shape index (κ3) is 7.03. The Morgan fingerprint density at radius 2 is 1.98 bits per heavy atom. The number of nitrogens with two attached hydrogens (primary N) is 2. The molecule has 6 atom stereocenters. The van der Waals surface area contributed by atoms with Crippen LogP contribution in [0.4, 0.5) is 0 Å². The van der Waals surface area contributed by atoms with Crippen LogP contribution >= 0.6 is 0 Å². The first-order chi connectivity index (χ1) is 21.3. The molecule has 7 nitrogen and oxygen atoms in total. The van der Waals surface area contributed by atoms with Gasteiger partial charge >= 0.3 is 0 Å². The smallest absolute Gasteiger partial charge is 0.185 e. The van der Waals surface area contributed by atoms with Gasteiger partial charge in [-0.25, -0.2) is 0 Å². The number of ketones is 1. The van der Waals surface area contributed by atoms with Crippen molar-refractivity contribution in [3.63, 3.8) is 0 Å². The third-order valence-electron chi connectivity index (χ3n) is 11.0. The van der Waals surface area contributed by atoms with Crippen LogP contribution in [-0.4, -0.2) is 42.7 Å². The number of aryl methyl sites for hydroxylation is 1. The molecule has 5 N–H and O–H groups in total. The van der Waals surface area contributed by atoms with Crippen LogP contribution in [-0.2, 0) is 16.0 Å². The Balaban J connectivity index is 1.59. The fraction of sp³-hybridized carbons (Fsp3) is 0.676. The molecule has 0 radical (unpaired) electrons. The first-order valence-corrected chi connectivity index (χ1v) is 17.3. The van der Waals surface area contributed by atoms with Gasteiger partial charge in [-0.2, -0.15) is 0 Å². The molecular formula is C37H55N3O4. The molecule has 2 bridgehead atoms. The second-order valence-corrected chi connectivity index (χ2v) is 14.0. The number of hydrogen-bond acceptors (Lipinski definition) is 5. The summed E-state index contributed by atoms with van der Waals surface area (Å²) in [5.41, 5.74) is 15.0. The van der Waals surface area contributed by atoms with Crippen molar-refractivity contribution in [3.8, 4) is 11.5 Å². The van der Waals surface area contributed by atoms with Crippen molar-refractivity contribution in [2.24, 2.45) is 39.6 Å². The van der Waals surface area contributed by atoms with Gasteiger partial charge in [-0.05, 0) is 118 Å². The molecule has 0 saturated heterocycles. The Hall–Kier alpha value is -2.80. The van der Waals surface area contributed by atoms with Crippen LogP contribution in [0, 0.1) is 23.2 Å². The van der Waals surface area contributed by atoms with Gasteiger partial charge in [-0.1, -0.05) is 44.1 Å². The number of carbonyl (C=O) groups excluding carboxylic acids is 1. The van der Waals surface area contributed by atoms with Crippen LogP contribution in [0.25, 0.3) is 0 Å². The van der Waals surface area contributed by atoms with Crippen molar-refractivity contribution in [3.05, 3.63) is 47.1 Å². The van der Waals surface area contributed by atoms with E-state index in [1.165, 1.54) is 6.42 Å². The molecule has 44 heavy (non-hydrogen) atoms. The summed E-state index contributed by atoms with van der Waals surface area (Å²) < 4.78 is 12.8. The minimum absolute atomic E-state index is 0.0243. The molecule has 0 heterocycles. The predicted octanol–water partition coefficient (Wildman–Crippen LogP) is 7.11. The van der Waals surface area contributed by atoms with Gasteiger partial charge in [0.05, 0.1) is 12.2 Å². The SMILES string of the molecule is CCCC=CC(=O)CCc1cc(OC2CCCC2)c(O)c(C2C3C(CCN=C(N)N)C=C4CCC(C)CC42CCC3OC)c1. The van der Waals surface area contributed by atoms with Crippen LogP contribution in [0.2, 0.25) is 0 Å². The number of nitrogens with zero attached hydrogens (tertiary/aromatic N) is 1. The van der Waals surface area contributed by atoms with Gasteiger partial charge in [0.2, 0.25) is 0 Å². The second kappa shape index (κ2) is 14.5. The van der Waals surface area contributed by atoms with Crippen LogP contribution in [0.15, 0.2) is 40.9 Å². The normalized spacial score (nSPS) is 30.2. The number of rotatable bonds is 13. The largest absolute Gasteiger partial charge is 0.504 e. The van der Waals surface area contributed by atoms with E-state index in [4.69, 9.17) is 20.9 Å². The number of carbonyl (C=O) groups is 1. The van der Waals surface area contributed by atoms with Crippen molar-refractivity contribution in [2.45, 2.75) is 122 Å². The molecule has 1 aromatic rings. The lowest BCUT2D eigenvalue weighted by Gasteiger charge is -2.60. The van der Waals surface area contributed by atoms with Crippen molar-refractivity contribution >= 4 is 11.7 Å². The Morgan fingerprint density at radius 1 is 1.18 bits per heavy atom. The van der Waals surface area contributed by atoms with E-state index in [1.54, 1.807) is 11.6 Å². The topological polar surface area (TPSA) is 120 Å². The molecule has 242 valence electrons. The van der Waals surface area contributed by atoms with Crippen LogP contribution in [0.5, 0.6) is 11.5 Å². The van der Waals surface area contributed by atoms with E-state index in [1.807, 2.05) is 19.3 Å². The molecule has 0 aromatic heterocycles. The fourth-order valence-electron chi connectivity index (χ4n) is 9.04. The summed E-state index contributed by atoms with van der Waals surface area (Å²) in [5, 5.41) is 12.1. The number of methoxy groups -OCH3 is 1. The third-order valence-corrected chi connectivity index (χ3v) is 11.0. The molecule has 3 fully saturated rings. The standard InChI is InChI=1S/C37H55N3O4/c1-4-5-6-9-28(41)15-13-25-20-30(35(42)32(21-25)44-29-10-7-8-11-29)34-33-26(17-19-40-36(38)39)22-27-14-12-24(2)23-37(27,34)18-16-31(33)43-3/h6,9,20-22,24,26,29,31,33-34,42H,4-5,7-8,10-19,23H2,1-3H3,(H4,38,39,40). The fourth-order valence-corrected chi connectivity index (χ4v) is 9.04. The number of phenols is 1. The molecule has 1 spiro atoms. The molecular weight excluding hydrogens is 550 g/mol. The first-order valence-electron chi connectivity index (χ1n) is 17.3. The van der Waals surface area contributed by atoms with Crippen LogP contribution in [0.3, 0.4) is 0 Å². The number of fused-ring (bicyclic) bond motifs is 1. The zero-order valence-corrected chi connectivity index (χ0v) is 27.2. The highest BCUT2D eigenvalue weighted by atomic mass is 16.5. The number of unbranched alkanes of at least 4 members (excludes halogenated alkanes) is 1. The van der Waals surface area contributed by atoms with Crippen LogP contribution < -0.4 is 16.2 Å². The second-order valence-electron chi connectivity index (χ2n) is 14.0. The maximum Gasteiger partial charge on any atom is 0.185 e. The maximum absolute atomic E-state index is 12.7. The van der Waals surface area contributed by atoms with Gasteiger partial charge in [-0.15, -0.1) is 0 Å². The van der Waals surface area contributed by atoms with Gasteiger partial charge < -0.3 is 26.0 Å². The Kier molecular flexibility index (Phi) is 10.8. The number of aliphatic imine (C=N–C) groups is 1. The van der Waals surface area contributed by atoms with E-state index in [2.05, 4.69) is 31.0 Å². The number of guanidine groups is 1. The summed E-state index contributed by atoms with van der Waals surface area (Å²) in [6.07, 6.45) is 20.1. The summed E-state index contributed by atoms with van der Waals surface area (Å²) in [4.78, 5) is 17.1. The van der Waals surface area contributed by atoms with E-state index in [0.29, 0.717) is 31.1 Å². The monoisotopic (exact) mass is 605 g/mol. The van der Waals surface area contributed by atoms with E-state index in [9.17, 15) is 9.90 Å². The molecule has 7 heteroatoms. The number of ether oxygens (including phenoxy) is 2.